The highest BCUT2D eigenvalue weighted by atomic mass is 16.2. The van der Waals surface area contributed by atoms with Crippen LogP contribution >= 0.6 is 0 Å². The van der Waals surface area contributed by atoms with Crippen LogP contribution in [-0.2, 0) is 11.2 Å². The lowest BCUT2D eigenvalue weighted by molar-refractivity contribution is -0.135. The molecule has 3 rings (SSSR count). The Balaban J connectivity index is 1.80. The molecule has 0 spiro atoms. The van der Waals surface area contributed by atoms with Crippen molar-refractivity contribution < 1.29 is 14.4 Å². The van der Waals surface area contributed by atoms with Gasteiger partial charge in [-0.15, -0.1) is 0 Å². The monoisotopic (exact) mass is 360 g/mol. The second-order valence-corrected chi connectivity index (χ2v) is 7.20. The van der Waals surface area contributed by atoms with E-state index in [2.05, 4.69) is 10.3 Å². The van der Waals surface area contributed by atoms with E-state index in [4.69, 9.17) is 0 Å². The average Bonchev–Trinajstić information content (AvgIpc) is 2.98. The smallest absolute Gasteiger partial charge is 0.270 e. The van der Waals surface area contributed by atoms with Gasteiger partial charge in [0.25, 0.3) is 5.91 Å². The molecule has 2 amide bonds. The molecule has 1 atom stereocenters. The van der Waals surface area contributed by atoms with Gasteiger partial charge in [0.2, 0.25) is 5.91 Å². The molecule has 2 saturated heterocycles. The van der Waals surface area contributed by atoms with Crippen molar-refractivity contribution in [2.45, 2.75) is 46.1 Å². The number of piperidine rings is 1. The summed E-state index contributed by atoms with van der Waals surface area (Å²) >= 11 is 0. The van der Waals surface area contributed by atoms with Crippen molar-refractivity contribution in [1.29, 1.82) is 0 Å². The summed E-state index contributed by atoms with van der Waals surface area (Å²) in [5.74, 6) is 0.0293. The van der Waals surface area contributed by atoms with E-state index in [9.17, 15) is 14.4 Å². The minimum Gasteiger partial charge on any atom is -0.354 e. The number of aromatic nitrogens is 1. The predicted octanol–water partition coefficient (Wildman–Crippen LogP) is 1.12. The Bertz CT molecular complexity index is 725. The van der Waals surface area contributed by atoms with Gasteiger partial charge in [0.05, 0.1) is 6.54 Å². The lowest BCUT2D eigenvalue weighted by Gasteiger charge is -2.41. The van der Waals surface area contributed by atoms with Gasteiger partial charge in [0.15, 0.2) is 5.78 Å². The second-order valence-electron chi connectivity index (χ2n) is 7.20. The van der Waals surface area contributed by atoms with E-state index in [1.54, 1.807) is 0 Å². The molecule has 1 aromatic rings. The Hall–Kier alpha value is -2.15. The van der Waals surface area contributed by atoms with Crippen LogP contribution in [0.4, 0.5) is 0 Å². The summed E-state index contributed by atoms with van der Waals surface area (Å²) in [5.41, 5.74) is 2.73. The Kier molecular flexibility index (Phi) is 5.46. The third-order valence-corrected chi connectivity index (χ3v) is 5.46. The first-order valence-corrected chi connectivity index (χ1v) is 9.45. The molecule has 0 aliphatic carbocycles. The molecule has 1 unspecified atom stereocenters. The number of H-pyrrole nitrogens is 1. The fraction of sp³-hybridized carbons (Fsp3) is 0.632. The van der Waals surface area contributed by atoms with Crippen LogP contribution in [-0.4, -0.2) is 71.1 Å². The summed E-state index contributed by atoms with van der Waals surface area (Å²) in [6.45, 7) is 8.46. The molecule has 2 aliphatic rings. The number of rotatable bonds is 4. The van der Waals surface area contributed by atoms with Gasteiger partial charge in [-0.3, -0.25) is 14.4 Å². The van der Waals surface area contributed by atoms with Crippen molar-refractivity contribution in [2.24, 2.45) is 0 Å². The Morgan fingerprint density at radius 3 is 2.69 bits per heavy atom. The highest BCUT2D eigenvalue weighted by Gasteiger charge is 2.33. The average molecular weight is 360 g/mol. The van der Waals surface area contributed by atoms with Crippen molar-refractivity contribution >= 4 is 17.6 Å². The van der Waals surface area contributed by atoms with E-state index in [0.717, 1.165) is 30.6 Å². The van der Waals surface area contributed by atoms with Gasteiger partial charge in [-0.05, 0) is 38.7 Å². The zero-order valence-corrected chi connectivity index (χ0v) is 15.9. The summed E-state index contributed by atoms with van der Waals surface area (Å²) in [5, 5.41) is 3.09. The van der Waals surface area contributed by atoms with Gasteiger partial charge in [-0.1, -0.05) is 6.92 Å². The number of piperazine rings is 1. The van der Waals surface area contributed by atoms with Crippen LogP contribution < -0.4 is 5.32 Å². The van der Waals surface area contributed by atoms with Gasteiger partial charge in [0.1, 0.15) is 5.69 Å². The summed E-state index contributed by atoms with van der Waals surface area (Å²) in [6, 6.07) is 0.0794. The normalized spacial score (nSPS) is 21.2. The van der Waals surface area contributed by atoms with Gasteiger partial charge in [0, 0.05) is 43.5 Å². The maximum absolute atomic E-state index is 13.1. The van der Waals surface area contributed by atoms with Crippen LogP contribution in [0.5, 0.6) is 0 Å². The summed E-state index contributed by atoms with van der Waals surface area (Å²) in [7, 11) is 0. The quantitative estimate of drug-likeness (QED) is 0.788. The third-order valence-electron chi connectivity index (χ3n) is 5.46. The molecule has 2 N–H and O–H groups in total. The number of likely N-dealkylation sites (tertiary alicyclic amines) is 1. The Morgan fingerprint density at radius 1 is 1.27 bits per heavy atom. The summed E-state index contributed by atoms with van der Waals surface area (Å²) < 4.78 is 0. The number of Topliss-reactive ketones (excluding diaryl/α,β-unsaturated/α-hetero) is 1. The van der Waals surface area contributed by atoms with Gasteiger partial charge < -0.3 is 20.1 Å². The topological polar surface area (TPSA) is 85.5 Å². The number of aromatic amines is 1. The van der Waals surface area contributed by atoms with E-state index in [1.807, 2.05) is 23.6 Å². The fourth-order valence-electron chi connectivity index (χ4n) is 4.25. The molecule has 2 fully saturated rings. The molecule has 142 valence electrons. The zero-order chi connectivity index (χ0) is 18.8. The summed E-state index contributed by atoms with van der Waals surface area (Å²) in [4.78, 5) is 44.2. The number of ketones is 1. The van der Waals surface area contributed by atoms with Crippen molar-refractivity contribution in [3.05, 3.63) is 22.5 Å². The maximum Gasteiger partial charge on any atom is 0.270 e. The second kappa shape index (κ2) is 7.61. The van der Waals surface area contributed by atoms with E-state index >= 15 is 0 Å². The lowest BCUT2D eigenvalue weighted by Crippen LogP contribution is -2.57. The zero-order valence-electron chi connectivity index (χ0n) is 15.9. The minimum atomic E-state index is -0.0651. The van der Waals surface area contributed by atoms with Crippen LogP contribution in [0.1, 0.15) is 58.8 Å². The molecule has 0 aromatic carbocycles. The molecular weight excluding hydrogens is 332 g/mol. The van der Waals surface area contributed by atoms with Crippen LogP contribution in [0.25, 0.3) is 0 Å². The molecular formula is C19H28N4O3. The van der Waals surface area contributed by atoms with Crippen molar-refractivity contribution in [3.63, 3.8) is 0 Å². The third kappa shape index (κ3) is 3.40. The summed E-state index contributed by atoms with van der Waals surface area (Å²) in [6.07, 6.45) is 2.45. The molecule has 3 heterocycles. The molecule has 26 heavy (non-hydrogen) atoms. The van der Waals surface area contributed by atoms with Gasteiger partial charge in [-0.25, -0.2) is 0 Å². The molecule has 1 aromatic heterocycles. The number of nitrogens with one attached hydrogen (secondary N) is 2. The highest BCUT2D eigenvalue weighted by Crippen LogP contribution is 2.24. The number of amides is 2. The number of aryl methyl sites for hydroxylation is 1. The Labute approximate surface area is 154 Å². The first-order valence-electron chi connectivity index (χ1n) is 9.45. The SMILES string of the molecule is CCc1c(C(=O)N2CCCC(N3CCNCC3=O)C2)[nH]c(C)c1C(C)=O. The first-order chi connectivity index (χ1) is 12.4. The van der Waals surface area contributed by atoms with Crippen molar-refractivity contribution in [1.82, 2.24) is 20.1 Å². The van der Waals surface area contributed by atoms with Crippen LogP contribution in [0.3, 0.4) is 0 Å². The molecule has 2 aliphatic heterocycles. The first kappa shape index (κ1) is 18.6. The van der Waals surface area contributed by atoms with E-state index in [0.29, 0.717) is 43.9 Å². The minimum absolute atomic E-state index is 0.0161. The van der Waals surface area contributed by atoms with Crippen molar-refractivity contribution in [3.8, 4) is 0 Å². The highest BCUT2D eigenvalue weighted by molar-refractivity contribution is 6.02. The largest absolute Gasteiger partial charge is 0.354 e. The number of nitrogens with zero attached hydrogens (tertiary/aromatic N) is 2. The van der Waals surface area contributed by atoms with E-state index in [1.165, 1.54) is 6.92 Å². The molecule has 0 saturated carbocycles. The molecule has 0 radical (unpaired) electrons. The fourth-order valence-corrected chi connectivity index (χ4v) is 4.25. The predicted molar refractivity (Wildman–Crippen MR) is 98.4 cm³/mol. The number of hydrogen-bond donors (Lipinski definition) is 2. The molecule has 7 nitrogen and oxygen atoms in total. The van der Waals surface area contributed by atoms with Gasteiger partial charge >= 0.3 is 0 Å². The molecule has 7 heteroatoms. The van der Waals surface area contributed by atoms with E-state index < -0.39 is 0 Å². The number of carbonyl (C=O) groups excluding carboxylic acids is 3. The lowest BCUT2D eigenvalue weighted by atomic mass is 10.0. The number of carbonyl (C=O) groups is 3. The maximum atomic E-state index is 13.1. The number of hydrogen-bond acceptors (Lipinski definition) is 4. The molecule has 0 bridgehead atoms. The van der Waals surface area contributed by atoms with Crippen LogP contribution in [0.2, 0.25) is 0 Å². The Morgan fingerprint density at radius 2 is 2.04 bits per heavy atom. The van der Waals surface area contributed by atoms with Crippen molar-refractivity contribution in [2.75, 3.05) is 32.7 Å². The standard InChI is InChI=1S/C19H28N4O3/c1-4-15-17(13(3)24)12(2)21-18(15)19(26)22-8-5-6-14(11-22)23-9-7-20-10-16(23)25/h14,20-21H,4-11H2,1-3H3. The van der Waals surface area contributed by atoms with E-state index in [-0.39, 0.29) is 23.6 Å². The van der Waals surface area contributed by atoms with Gasteiger partial charge in [-0.2, -0.15) is 0 Å². The van der Waals surface area contributed by atoms with Crippen LogP contribution in [0.15, 0.2) is 0 Å². The van der Waals surface area contributed by atoms with Crippen LogP contribution in [0, 0.1) is 6.92 Å².